The highest BCUT2D eigenvalue weighted by molar-refractivity contribution is 6.17. The van der Waals surface area contributed by atoms with Crippen molar-refractivity contribution in [3.05, 3.63) is 117 Å². The summed E-state index contributed by atoms with van der Waals surface area (Å²) < 4.78 is 13.3. The number of fused-ring (bicyclic) bond motifs is 3. The van der Waals surface area contributed by atoms with Crippen LogP contribution in [0.2, 0.25) is 0 Å². The molecule has 5 aromatic rings. The molecule has 0 aliphatic rings. The van der Waals surface area contributed by atoms with Crippen LogP contribution in [0, 0.1) is 17.0 Å². The van der Waals surface area contributed by atoms with Crippen molar-refractivity contribution in [2.75, 3.05) is 13.7 Å². The van der Waals surface area contributed by atoms with Crippen LogP contribution in [-0.4, -0.2) is 41.0 Å². The Hall–Kier alpha value is -5.02. The summed E-state index contributed by atoms with van der Waals surface area (Å²) in [5.74, 6) is 0.0913. The Morgan fingerprint density at radius 2 is 1.67 bits per heavy atom. The van der Waals surface area contributed by atoms with Gasteiger partial charge in [0, 0.05) is 58.7 Å². The summed E-state index contributed by atoms with van der Waals surface area (Å²) in [4.78, 5) is 29.5. The number of benzene rings is 4. The van der Waals surface area contributed by atoms with E-state index in [4.69, 9.17) is 14.3 Å². The van der Waals surface area contributed by atoms with E-state index in [0.29, 0.717) is 35.7 Å². The van der Waals surface area contributed by atoms with E-state index < -0.39 is 10.9 Å². The molecule has 214 valence electrons. The molecule has 0 amide bonds. The van der Waals surface area contributed by atoms with Crippen LogP contribution in [0.5, 0.6) is 5.75 Å². The fourth-order valence-electron chi connectivity index (χ4n) is 5.14. The maximum Gasteiger partial charge on any atom is 0.365 e. The second kappa shape index (κ2) is 12.2. The summed E-state index contributed by atoms with van der Waals surface area (Å²) in [5, 5.41) is 17.5. The first-order valence-corrected chi connectivity index (χ1v) is 13.6. The SMILES string of the molecule is CCn1c2ccc(/C(=N\OC(=O)c3ccccc3)c3ccc(OC(C)COC)cc3C)cc2c2cc([N+](=O)[O-])ccc21. The molecule has 9 heteroatoms. The third-order valence-corrected chi connectivity index (χ3v) is 7.07. The summed E-state index contributed by atoms with van der Waals surface area (Å²) in [6, 6.07) is 25.0. The number of carbonyl (C=O) groups excluding carboxylic acids is 1. The predicted molar refractivity (Wildman–Crippen MR) is 162 cm³/mol. The van der Waals surface area contributed by atoms with Gasteiger partial charge in [-0.05, 0) is 74.9 Å². The molecule has 0 radical (unpaired) electrons. The fourth-order valence-corrected chi connectivity index (χ4v) is 5.14. The summed E-state index contributed by atoms with van der Waals surface area (Å²) in [6.45, 7) is 7.03. The number of ether oxygens (including phenoxy) is 2. The molecule has 0 saturated heterocycles. The van der Waals surface area contributed by atoms with E-state index in [1.165, 1.54) is 6.07 Å². The number of nitrogens with zero attached hydrogens (tertiary/aromatic N) is 3. The van der Waals surface area contributed by atoms with E-state index in [2.05, 4.69) is 9.72 Å². The van der Waals surface area contributed by atoms with Crippen molar-refractivity contribution in [1.29, 1.82) is 0 Å². The molecule has 4 aromatic carbocycles. The van der Waals surface area contributed by atoms with Gasteiger partial charge in [0.2, 0.25) is 0 Å². The van der Waals surface area contributed by atoms with Crippen LogP contribution in [0.25, 0.3) is 21.8 Å². The van der Waals surface area contributed by atoms with Crippen LogP contribution >= 0.6 is 0 Å². The molecular weight excluding hydrogens is 534 g/mol. The number of nitro benzene ring substituents is 1. The number of aryl methyl sites for hydroxylation is 2. The summed E-state index contributed by atoms with van der Waals surface area (Å²) in [7, 11) is 1.63. The fraction of sp³-hybridized carbons (Fsp3) is 0.212. The van der Waals surface area contributed by atoms with Gasteiger partial charge in [0.25, 0.3) is 5.69 Å². The number of non-ortho nitro benzene ring substituents is 1. The zero-order chi connectivity index (χ0) is 29.8. The van der Waals surface area contributed by atoms with Crippen LogP contribution in [0.1, 0.15) is 40.9 Å². The first kappa shape index (κ1) is 28.5. The summed E-state index contributed by atoms with van der Waals surface area (Å²) >= 11 is 0. The zero-order valence-corrected chi connectivity index (χ0v) is 23.9. The molecule has 0 saturated carbocycles. The van der Waals surface area contributed by atoms with Crippen LogP contribution in [0.4, 0.5) is 5.69 Å². The van der Waals surface area contributed by atoms with Gasteiger partial charge in [0.15, 0.2) is 0 Å². The van der Waals surface area contributed by atoms with E-state index >= 15 is 0 Å². The second-order valence-corrected chi connectivity index (χ2v) is 9.98. The van der Waals surface area contributed by atoms with E-state index in [0.717, 1.165) is 32.9 Å². The van der Waals surface area contributed by atoms with Crippen molar-refractivity contribution in [3.63, 3.8) is 0 Å². The number of carbonyl (C=O) groups is 1. The van der Waals surface area contributed by atoms with Crippen molar-refractivity contribution in [1.82, 2.24) is 4.57 Å². The molecule has 5 rings (SSSR count). The lowest BCUT2D eigenvalue weighted by Crippen LogP contribution is -2.18. The molecule has 0 bridgehead atoms. The molecule has 1 atom stereocenters. The van der Waals surface area contributed by atoms with E-state index in [1.807, 2.05) is 63.2 Å². The molecule has 1 unspecified atom stereocenters. The highest BCUT2D eigenvalue weighted by atomic mass is 16.7. The standard InChI is InChI=1S/C33H31N3O6/c1-5-35-30-15-11-24(18-28(30)29-19-25(36(38)39)12-16-31(29)35)32(34-42-33(37)23-9-7-6-8-10-23)27-14-13-26(17-21(27)2)41-22(3)20-40-4/h6-19,22H,5,20H2,1-4H3/b34-32+. The Balaban J connectivity index is 1.64. The van der Waals surface area contributed by atoms with Crippen LogP contribution in [0.3, 0.4) is 0 Å². The highest BCUT2D eigenvalue weighted by Crippen LogP contribution is 2.33. The minimum atomic E-state index is -0.585. The Bertz CT molecular complexity index is 1810. The number of hydrogen-bond donors (Lipinski definition) is 0. The van der Waals surface area contributed by atoms with Gasteiger partial charge in [0.1, 0.15) is 17.6 Å². The molecule has 0 N–H and O–H groups in total. The average Bonchev–Trinajstić information content (AvgIpc) is 3.30. The number of rotatable bonds is 10. The van der Waals surface area contributed by atoms with Crippen LogP contribution in [0.15, 0.2) is 90.1 Å². The number of methoxy groups -OCH3 is 1. The van der Waals surface area contributed by atoms with Gasteiger partial charge in [-0.1, -0.05) is 29.4 Å². The van der Waals surface area contributed by atoms with Gasteiger partial charge in [-0.2, -0.15) is 0 Å². The summed E-state index contributed by atoms with van der Waals surface area (Å²) in [6.07, 6.45) is -0.137. The number of hydrogen-bond acceptors (Lipinski definition) is 7. The third kappa shape index (κ3) is 5.73. The van der Waals surface area contributed by atoms with Crippen LogP contribution < -0.4 is 4.74 Å². The number of oxime groups is 1. The Morgan fingerprint density at radius 3 is 2.33 bits per heavy atom. The lowest BCUT2D eigenvalue weighted by molar-refractivity contribution is -0.384. The van der Waals surface area contributed by atoms with Crippen molar-refractivity contribution < 1.29 is 24.0 Å². The van der Waals surface area contributed by atoms with Gasteiger partial charge >= 0.3 is 5.97 Å². The van der Waals surface area contributed by atoms with Gasteiger partial charge in [-0.3, -0.25) is 10.1 Å². The van der Waals surface area contributed by atoms with E-state index in [1.54, 1.807) is 43.5 Å². The van der Waals surface area contributed by atoms with Crippen molar-refractivity contribution >= 4 is 39.2 Å². The number of nitro groups is 1. The van der Waals surface area contributed by atoms with Gasteiger partial charge < -0.3 is 18.9 Å². The minimum absolute atomic E-state index is 0.0165. The minimum Gasteiger partial charge on any atom is -0.488 e. The van der Waals surface area contributed by atoms with Crippen LogP contribution in [-0.2, 0) is 16.1 Å². The Labute approximate surface area is 243 Å². The Kier molecular flexibility index (Phi) is 8.31. The molecule has 0 aliphatic carbocycles. The molecule has 0 fully saturated rings. The molecule has 0 spiro atoms. The maximum atomic E-state index is 12.8. The van der Waals surface area contributed by atoms with Gasteiger partial charge in [-0.25, -0.2) is 4.79 Å². The van der Waals surface area contributed by atoms with Crippen molar-refractivity contribution in [2.24, 2.45) is 5.16 Å². The predicted octanol–water partition coefficient (Wildman–Crippen LogP) is 7.05. The molecule has 42 heavy (non-hydrogen) atoms. The van der Waals surface area contributed by atoms with Crippen molar-refractivity contribution in [2.45, 2.75) is 33.4 Å². The normalized spacial score (nSPS) is 12.4. The third-order valence-electron chi connectivity index (χ3n) is 7.07. The maximum absolute atomic E-state index is 12.8. The summed E-state index contributed by atoms with van der Waals surface area (Å²) in [5.41, 5.74) is 4.96. The van der Waals surface area contributed by atoms with E-state index in [-0.39, 0.29) is 11.8 Å². The molecule has 0 aliphatic heterocycles. The lowest BCUT2D eigenvalue weighted by Gasteiger charge is -2.16. The average molecular weight is 566 g/mol. The Morgan fingerprint density at radius 1 is 0.952 bits per heavy atom. The monoisotopic (exact) mass is 565 g/mol. The highest BCUT2D eigenvalue weighted by Gasteiger charge is 2.19. The molecular formula is C33H31N3O6. The molecule has 9 nitrogen and oxygen atoms in total. The van der Waals surface area contributed by atoms with E-state index in [9.17, 15) is 14.9 Å². The molecule has 1 aromatic heterocycles. The zero-order valence-electron chi connectivity index (χ0n) is 23.9. The second-order valence-electron chi connectivity index (χ2n) is 9.98. The smallest absolute Gasteiger partial charge is 0.365 e. The largest absolute Gasteiger partial charge is 0.488 e. The number of aromatic nitrogens is 1. The first-order valence-electron chi connectivity index (χ1n) is 13.6. The first-order chi connectivity index (χ1) is 20.3. The van der Waals surface area contributed by atoms with Gasteiger partial charge in [0.05, 0.1) is 17.1 Å². The molecule has 1 heterocycles. The lowest BCUT2D eigenvalue weighted by atomic mass is 9.96. The quantitative estimate of drug-likeness (QED) is 0.0777. The van der Waals surface area contributed by atoms with Gasteiger partial charge in [-0.15, -0.1) is 0 Å². The topological polar surface area (TPSA) is 105 Å². The van der Waals surface area contributed by atoms with Crippen molar-refractivity contribution in [3.8, 4) is 5.75 Å².